The molecule has 0 unspecified atom stereocenters. The molecule has 4 aromatic rings. The fraction of sp³-hybridized carbons (Fsp3) is 0.222. The Kier molecular flexibility index (Phi) is 6.75. The van der Waals surface area contributed by atoms with Gasteiger partial charge < -0.3 is 4.74 Å². The van der Waals surface area contributed by atoms with E-state index in [-0.39, 0.29) is 17.3 Å². The Morgan fingerprint density at radius 1 is 1.08 bits per heavy atom. The zero-order chi connectivity index (χ0) is 25.3. The van der Waals surface area contributed by atoms with E-state index in [1.165, 1.54) is 12.3 Å². The summed E-state index contributed by atoms with van der Waals surface area (Å²) in [6, 6.07) is 14.3. The molecular weight excluding hydrogens is 496 g/mol. The van der Waals surface area contributed by atoms with Crippen LogP contribution in [0, 0.1) is 13.8 Å². The van der Waals surface area contributed by atoms with E-state index >= 15 is 0 Å². The summed E-state index contributed by atoms with van der Waals surface area (Å²) in [5.41, 5.74) is 4.90. The average molecular weight is 521 g/mol. The van der Waals surface area contributed by atoms with Crippen LogP contribution in [-0.2, 0) is 16.6 Å². The molecule has 0 atom stereocenters. The van der Waals surface area contributed by atoms with Crippen molar-refractivity contribution in [2.45, 2.75) is 44.0 Å². The van der Waals surface area contributed by atoms with Gasteiger partial charge in [0.25, 0.3) is 0 Å². The van der Waals surface area contributed by atoms with Gasteiger partial charge in [0.1, 0.15) is 10.6 Å². The fourth-order valence-corrected chi connectivity index (χ4v) is 5.32. The molecule has 1 aliphatic carbocycles. The van der Waals surface area contributed by atoms with Crippen LogP contribution in [-0.4, -0.2) is 23.4 Å². The largest absolute Gasteiger partial charge is 0.437 e. The maximum Gasteiger partial charge on any atom is 0.246 e. The van der Waals surface area contributed by atoms with Gasteiger partial charge in [0.05, 0.1) is 23.0 Å². The van der Waals surface area contributed by atoms with Crippen LogP contribution in [0.1, 0.15) is 41.1 Å². The summed E-state index contributed by atoms with van der Waals surface area (Å²) in [4.78, 5) is 12.9. The van der Waals surface area contributed by atoms with Gasteiger partial charge in [-0.3, -0.25) is 9.97 Å². The van der Waals surface area contributed by atoms with Crippen LogP contribution in [0.15, 0.2) is 72.0 Å². The Hall–Kier alpha value is -3.33. The van der Waals surface area contributed by atoms with Crippen LogP contribution in [0.3, 0.4) is 0 Å². The molecule has 0 aliphatic heterocycles. The van der Waals surface area contributed by atoms with Gasteiger partial charge in [-0.25, -0.2) is 18.1 Å². The van der Waals surface area contributed by atoms with Gasteiger partial charge in [-0.1, -0.05) is 35.4 Å². The summed E-state index contributed by atoms with van der Waals surface area (Å²) in [5.74, 6) is 1.05. The molecule has 9 heteroatoms. The third kappa shape index (κ3) is 5.41. The van der Waals surface area contributed by atoms with Crippen LogP contribution >= 0.6 is 11.6 Å². The fourth-order valence-electron chi connectivity index (χ4n) is 4.09. The number of benzene rings is 1. The lowest BCUT2D eigenvalue weighted by Gasteiger charge is -2.17. The predicted octanol–water partition coefficient (Wildman–Crippen LogP) is 5.96. The minimum atomic E-state index is -3.97. The number of nitrogens with zero attached hydrogens (tertiary/aromatic N) is 3. The summed E-state index contributed by atoms with van der Waals surface area (Å²) >= 11 is 6.13. The zero-order valence-electron chi connectivity index (χ0n) is 19.9. The van der Waals surface area contributed by atoms with E-state index in [9.17, 15) is 8.42 Å². The standard InChI is InChI=1S/C27H25ClN4O3S/c1-17-11-18(2)26(23(12-17)19-6-7-19)35-27-25(36(33,34)31-16-22-5-3-4-10-30-22)9-8-24(32-27)20-13-21(28)15-29-14-20/h3-5,8-15,19,31H,6-7,16H2,1-2H3. The van der Waals surface area contributed by atoms with Crippen LogP contribution in [0.25, 0.3) is 11.3 Å². The molecule has 1 aromatic carbocycles. The van der Waals surface area contributed by atoms with Crippen molar-refractivity contribution >= 4 is 21.6 Å². The number of sulfonamides is 1. The van der Waals surface area contributed by atoms with Gasteiger partial charge >= 0.3 is 0 Å². The Morgan fingerprint density at radius 2 is 1.92 bits per heavy atom. The highest BCUT2D eigenvalue weighted by Crippen LogP contribution is 2.47. The number of pyridine rings is 3. The van der Waals surface area contributed by atoms with E-state index in [2.05, 4.69) is 25.7 Å². The maximum absolute atomic E-state index is 13.4. The summed E-state index contributed by atoms with van der Waals surface area (Å²) in [7, 11) is -3.97. The van der Waals surface area contributed by atoms with Crippen molar-refractivity contribution in [1.29, 1.82) is 0 Å². The van der Waals surface area contributed by atoms with Gasteiger partial charge in [-0.15, -0.1) is 0 Å². The number of halogens is 1. The first-order valence-corrected chi connectivity index (χ1v) is 13.5. The number of hydrogen-bond donors (Lipinski definition) is 1. The van der Waals surface area contributed by atoms with E-state index in [4.69, 9.17) is 16.3 Å². The number of rotatable bonds is 8. The molecule has 7 nitrogen and oxygen atoms in total. The monoisotopic (exact) mass is 520 g/mol. The molecular formula is C27H25ClN4O3S. The Balaban J connectivity index is 1.58. The lowest BCUT2D eigenvalue weighted by Crippen LogP contribution is -2.24. The SMILES string of the molecule is Cc1cc(C)c(Oc2nc(-c3cncc(Cl)c3)ccc2S(=O)(=O)NCc2ccccn2)c(C2CC2)c1. The minimum Gasteiger partial charge on any atom is -0.437 e. The van der Waals surface area contributed by atoms with E-state index < -0.39 is 10.0 Å². The first-order valence-electron chi connectivity index (χ1n) is 11.6. The highest BCUT2D eigenvalue weighted by atomic mass is 35.5. The van der Waals surface area contributed by atoms with Crippen LogP contribution in [0.5, 0.6) is 11.6 Å². The lowest BCUT2D eigenvalue weighted by molar-refractivity contribution is 0.438. The Labute approximate surface area is 215 Å². The lowest BCUT2D eigenvalue weighted by atomic mass is 10.0. The van der Waals surface area contributed by atoms with Crippen molar-refractivity contribution in [2.75, 3.05) is 0 Å². The highest BCUT2D eigenvalue weighted by Gasteiger charge is 2.30. The number of nitrogens with one attached hydrogen (secondary N) is 1. The van der Waals surface area contributed by atoms with E-state index in [1.54, 1.807) is 42.7 Å². The summed E-state index contributed by atoms with van der Waals surface area (Å²) in [5, 5.41) is 0.455. The molecule has 0 spiro atoms. The Morgan fingerprint density at radius 3 is 2.64 bits per heavy atom. The molecule has 5 rings (SSSR count). The van der Waals surface area contributed by atoms with Gasteiger partial charge in [0.15, 0.2) is 0 Å². The number of aryl methyl sites for hydroxylation is 2. The first kappa shape index (κ1) is 24.4. The van der Waals surface area contributed by atoms with Gasteiger partial charge in [0.2, 0.25) is 15.9 Å². The molecule has 0 amide bonds. The molecule has 1 aliphatic rings. The first-order chi connectivity index (χ1) is 17.3. The van der Waals surface area contributed by atoms with Crippen molar-refractivity contribution in [3.05, 3.63) is 94.5 Å². The van der Waals surface area contributed by atoms with Crippen LogP contribution < -0.4 is 9.46 Å². The second-order valence-electron chi connectivity index (χ2n) is 8.91. The maximum atomic E-state index is 13.4. The van der Waals surface area contributed by atoms with Gasteiger partial charge in [-0.2, -0.15) is 0 Å². The summed E-state index contributed by atoms with van der Waals surface area (Å²) in [6.07, 6.45) is 6.93. The molecule has 0 bridgehead atoms. The average Bonchev–Trinajstić information content (AvgIpc) is 3.70. The number of aromatic nitrogens is 3. The van der Waals surface area contributed by atoms with Crippen LogP contribution in [0.4, 0.5) is 0 Å². The van der Waals surface area contributed by atoms with Gasteiger partial charge in [0, 0.05) is 24.2 Å². The van der Waals surface area contributed by atoms with Crippen molar-refractivity contribution in [2.24, 2.45) is 0 Å². The number of hydrogen-bond acceptors (Lipinski definition) is 6. The van der Waals surface area contributed by atoms with Crippen LogP contribution in [0.2, 0.25) is 5.02 Å². The zero-order valence-corrected chi connectivity index (χ0v) is 21.5. The van der Waals surface area contributed by atoms with Crippen molar-refractivity contribution < 1.29 is 13.2 Å². The van der Waals surface area contributed by atoms with Gasteiger partial charge in [-0.05, 0) is 74.1 Å². The molecule has 36 heavy (non-hydrogen) atoms. The predicted molar refractivity (Wildman–Crippen MR) is 139 cm³/mol. The third-order valence-corrected chi connectivity index (χ3v) is 7.57. The van der Waals surface area contributed by atoms with E-state index in [0.717, 1.165) is 29.5 Å². The molecule has 184 valence electrons. The van der Waals surface area contributed by atoms with Crippen molar-refractivity contribution in [1.82, 2.24) is 19.7 Å². The summed E-state index contributed by atoms with van der Waals surface area (Å²) < 4.78 is 35.8. The van der Waals surface area contributed by atoms with Crippen molar-refractivity contribution in [3.63, 3.8) is 0 Å². The summed E-state index contributed by atoms with van der Waals surface area (Å²) in [6.45, 7) is 4.05. The molecule has 1 fully saturated rings. The highest BCUT2D eigenvalue weighted by molar-refractivity contribution is 7.89. The molecule has 0 radical (unpaired) electrons. The van der Waals surface area contributed by atoms with E-state index in [1.807, 2.05) is 19.9 Å². The topological polar surface area (TPSA) is 94.1 Å². The molecule has 1 saturated carbocycles. The Bertz CT molecular complexity index is 1520. The quantitative estimate of drug-likeness (QED) is 0.308. The normalized spacial score (nSPS) is 13.5. The second-order valence-corrected chi connectivity index (χ2v) is 11.1. The smallest absolute Gasteiger partial charge is 0.246 e. The van der Waals surface area contributed by atoms with Crippen molar-refractivity contribution in [3.8, 4) is 22.9 Å². The molecule has 3 aromatic heterocycles. The number of ether oxygens (including phenoxy) is 1. The third-order valence-electron chi connectivity index (χ3n) is 5.95. The van der Waals surface area contributed by atoms with E-state index in [0.29, 0.717) is 33.6 Å². The second kappa shape index (κ2) is 9.97. The molecule has 0 saturated heterocycles. The minimum absolute atomic E-state index is 0.00477. The molecule has 3 heterocycles. The molecule has 1 N–H and O–H groups in total.